The van der Waals surface area contributed by atoms with Crippen LogP contribution >= 0.6 is 0 Å². The van der Waals surface area contributed by atoms with Crippen molar-refractivity contribution in [2.75, 3.05) is 13.1 Å². The van der Waals surface area contributed by atoms with Gasteiger partial charge in [-0.05, 0) is 81.3 Å². The topological polar surface area (TPSA) is 49.4 Å². The predicted molar refractivity (Wildman–Crippen MR) is 116 cm³/mol. The Morgan fingerprint density at radius 1 is 1.14 bits per heavy atom. The van der Waals surface area contributed by atoms with Gasteiger partial charge in [0, 0.05) is 31.5 Å². The zero-order chi connectivity index (χ0) is 20.6. The Morgan fingerprint density at radius 2 is 1.83 bits per heavy atom. The molecule has 1 N–H and O–H groups in total. The van der Waals surface area contributed by atoms with Crippen LogP contribution < -0.4 is 5.32 Å². The summed E-state index contributed by atoms with van der Waals surface area (Å²) in [7, 11) is 0. The van der Waals surface area contributed by atoms with Gasteiger partial charge in [-0.1, -0.05) is 30.7 Å². The second-order valence-corrected chi connectivity index (χ2v) is 9.97. The number of carbonyl (C=O) groups excluding carboxylic acids is 2. The lowest BCUT2D eigenvalue weighted by Crippen LogP contribution is -2.53. The highest BCUT2D eigenvalue weighted by molar-refractivity contribution is 5.81. The van der Waals surface area contributed by atoms with Crippen LogP contribution in [0.4, 0.5) is 0 Å². The lowest BCUT2D eigenvalue weighted by atomic mass is 9.55. The third-order valence-corrected chi connectivity index (χ3v) is 7.70. The van der Waals surface area contributed by atoms with Crippen molar-refractivity contribution in [1.82, 2.24) is 10.2 Å². The van der Waals surface area contributed by atoms with Crippen LogP contribution in [-0.4, -0.2) is 35.8 Å². The first kappa shape index (κ1) is 20.4. The van der Waals surface area contributed by atoms with Crippen LogP contribution in [0.2, 0.25) is 0 Å². The third kappa shape index (κ3) is 4.22. The Balaban J connectivity index is 1.22. The summed E-state index contributed by atoms with van der Waals surface area (Å²) in [6.07, 6.45) is 8.00. The average Bonchev–Trinajstić information content (AvgIpc) is 2.64. The van der Waals surface area contributed by atoms with Crippen molar-refractivity contribution in [3.8, 4) is 0 Å². The lowest BCUT2D eigenvalue weighted by molar-refractivity contribution is -0.143. The van der Waals surface area contributed by atoms with Crippen LogP contribution in [0.3, 0.4) is 0 Å². The molecule has 4 heteroatoms. The van der Waals surface area contributed by atoms with Gasteiger partial charge in [0.25, 0.3) is 0 Å². The molecule has 0 bridgehead atoms. The van der Waals surface area contributed by atoms with E-state index in [2.05, 4.69) is 42.3 Å². The van der Waals surface area contributed by atoms with E-state index < -0.39 is 0 Å². The van der Waals surface area contributed by atoms with E-state index in [1.807, 2.05) is 6.92 Å². The highest BCUT2D eigenvalue weighted by atomic mass is 16.2. The van der Waals surface area contributed by atoms with Crippen LogP contribution in [0.1, 0.15) is 80.9 Å². The van der Waals surface area contributed by atoms with E-state index in [0.29, 0.717) is 23.7 Å². The summed E-state index contributed by atoms with van der Waals surface area (Å²) in [6, 6.07) is 7.05. The van der Waals surface area contributed by atoms with Gasteiger partial charge >= 0.3 is 0 Å². The van der Waals surface area contributed by atoms with Crippen molar-refractivity contribution in [2.45, 2.75) is 84.1 Å². The molecule has 29 heavy (non-hydrogen) atoms. The van der Waals surface area contributed by atoms with Crippen LogP contribution in [0.15, 0.2) is 18.2 Å². The number of hydrogen-bond donors (Lipinski definition) is 1. The Bertz CT molecular complexity index is 765. The van der Waals surface area contributed by atoms with Crippen molar-refractivity contribution in [3.05, 3.63) is 34.9 Å². The molecular formula is C25H36N2O2. The zero-order valence-corrected chi connectivity index (χ0v) is 18.3. The van der Waals surface area contributed by atoms with Gasteiger partial charge in [-0.2, -0.15) is 0 Å². The number of amides is 2. The minimum atomic E-state index is 0.125. The fourth-order valence-electron chi connectivity index (χ4n) is 5.74. The maximum absolute atomic E-state index is 12.8. The van der Waals surface area contributed by atoms with Crippen LogP contribution in [0.5, 0.6) is 0 Å². The molecule has 1 spiro atoms. The SMILES string of the molecule is CCCC(=O)NC1CC(C(=O)N2CCC3(CC2)CC(c2cc(C)ccc2C)C3)C1. The van der Waals surface area contributed by atoms with Crippen molar-refractivity contribution in [3.63, 3.8) is 0 Å². The molecular weight excluding hydrogens is 360 g/mol. The number of carbonyl (C=O) groups is 2. The van der Waals surface area contributed by atoms with Crippen LogP contribution in [-0.2, 0) is 9.59 Å². The number of benzene rings is 1. The van der Waals surface area contributed by atoms with Crippen molar-refractivity contribution >= 4 is 11.8 Å². The molecule has 0 aromatic heterocycles. The Kier molecular flexibility index (Phi) is 5.72. The molecule has 2 saturated carbocycles. The molecule has 0 radical (unpaired) electrons. The molecule has 2 aliphatic carbocycles. The molecule has 3 aliphatic rings. The fraction of sp³-hybridized carbons (Fsp3) is 0.680. The molecule has 1 heterocycles. The highest BCUT2D eigenvalue weighted by Crippen LogP contribution is 2.57. The van der Waals surface area contributed by atoms with E-state index in [1.165, 1.54) is 24.0 Å². The average molecular weight is 397 g/mol. The fourth-order valence-corrected chi connectivity index (χ4v) is 5.74. The first-order valence-corrected chi connectivity index (χ1v) is 11.5. The standard InChI is InChI=1S/C25H36N2O2/c1-4-5-23(28)26-21-13-19(14-21)24(29)27-10-8-25(9-11-27)15-20(16-25)22-12-17(2)6-7-18(22)3/h6-7,12,19-21H,4-5,8-11,13-16H2,1-3H3,(H,26,28). The van der Waals surface area contributed by atoms with Gasteiger partial charge < -0.3 is 10.2 Å². The third-order valence-electron chi connectivity index (χ3n) is 7.70. The summed E-state index contributed by atoms with van der Waals surface area (Å²) in [5.41, 5.74) is 4.79. The number of nitrogens with zero attached hydrogens (tertiary/aromatic N) is 1. The van der Waals surface area contributed by atoms with Gasteiger partial charge in [0.15, 0.2) is 0 Å². The largest absolute Gasteiger partial charge is 0.353 e. The zero-order valence-electron chi connectivity index (χ0n) is 18.3. The van der Waals surface area contributed by atoms with E-state index in [9.17, 15) is 9.59 Å². The Labute approximate surface area is 175 Å². The molecule has 158 valence electrons. The minimum absolute atomic E-state index is 0.125. The maximum atomic E-state index is 12.8. The molecule has 0 atom stereocenters. The molecule has 4 nitrogen and oxygen atoms in total. The summed E-state index contributed by atoms with van der Waals surface area (Å²) >= 11 is 0. The molecule has 1 aromatic rings. The molecule has 1 aromatic carbocycles. The number of likely N-dealkylation sites (tertiary alicyclic amines) is 1. The molecule has 0 unspecified atom stereocenters. The van der Waals surface area contributed by atoms with Gasteiger partial charge in [-0.25, -0.2) is 0 Å². The number of piperidine rings is 1. The van der Waals surface area contributed by atoms with Crippen molar-refractivity contribution in [2.24, 2.45) is 11.3 Å². The van der Waals surface area contributed by atoms with E-state index in [-0.39, 0.29) is 17.9 Å². The molecule has 1 aliphatic heterocycles. The summed E-state index contributed by atoms with van der Waals surface area (Å²) < 4.78 is 0. The van der Waals surface area contributed by atoms with Crippen LogP contribution in [0, 0.1) is 25.2 Å². The van der Waals surface area contributed by atoms with Crippen LogP contribution in [0.25, 0.3) is 0 Å². The van der Waals surface area contributed by atoms with Gasteiger partial charge in [0.1, 0.15) is 0 Å². The van der Waals surface area contributed by atoms with Gasteiger partial charge in [0.05, 0.1) is 0 Å². The second-order valence-electron chi connectivity index (χ2n) is 9.97. The van der Waals surface area contributed by atoms with E-state index in [4.69, 9.17) is 0 Å². The molecule has 3 fully saturated rings. The van der Waals surface area contributed by atoms with Crippen molar-refractivity contribution in [1.29, 1.82) is 0 Å². The Hall–Kier alpha value is -1.84. The van der Waals surface area contributed by atoms with Crippen molar-refractivity contribution < 1.29 is 9.59 Å². The summed E-state index contributed by atoms with van der Waals surface area (Å²) in [5.74, 6) is 1.29. The summed E-state index contributed by atoms with van der Waals surface area (Å²) in [4.78, 5) is 26.6. The number of hydrogen-bond acceptors (Lipinski definition) is 2. The highest BCUT2D eigenvalue weighted by Gasteiger charge is 2.48. The minimum Gasteiger partial charge on any atom is -0.353 e. The van der Waals surface area contributed by atoms with Gasteiger partial charge in [-0.15, -0.1) is 0 Å². The normalized spacial score (nSPS) is 26.0. The maximum Gasteiger partial charge on any atom is 0.225 e. The summed E-state index contributed by atoms with van der Waals surface area (Å²) in [6.45, 7) is 8.27. The van der Waals surface area contributed by atoms with Gasteiger partial charge in [0.2, 0.25) is 11.8 Å². The summed E-state index contributed by atoms with van der Waals surface area (Å²) in [5, 5.41) is 3.06. The Morgan fingerprint density at radius 3 is 2.48 bits per heavy atom. The molecule has 2 amide bonds. The van der Waals surface area contributed by atoms with Gasteiger partial charge in [-0.3, -0.25) is 9.59 Å². The van der Waals surface area contributed by atoms with E-state index in [1.54, 1.807) is 5.56 Å². The first-order chi connectivity index (χ1) is 13.9. The first-order valence-electron chi connectivity index (χ1n) is 11.5. The monoisotopic (exact) mass is 396 g/mol. The van der Waals surface area contributed by atoms with E-state index in [0.717, 1.165) is 45.2 Å². The quantitative estimate of drug-likeness (QED) is 0.797. The number of nitrogens with one attached hydrogen (secondary N) is 1. The number of aryl methyl sites for hydroxylation is 2. The molecule has 4 rings (SSSR count). The lowest BCUT2D eigenvalue weighted by Gasteiger charge is -2.53. The second kappa shape index (κ2) is 8.12. The predicted octanol–water partition coefficient (Wildman–Crippen LogP) is 4.48. The molecule has 1 saturated heterocycles. The smallest absolute Gasteiger partial charge is 0.225 e. The number of rotatable bonds is 5. The van der Waals surface area contributed by atoms with E-state index >= 15 is 0 Å².